The van der Waals surface area contributed by atoms with Gasteiger partial charge in [-0.15, -0.1) is 0 Å². The zero-order valence-electron chi connectivity index (χ0n) is 11.5. The van der Waals surface area contributed by atoms with Gasteiger partial charge in [-0.25, -0.2) is 4.99 Å². The van der Waals surface area contributed by atoms with Gasteiger partial charge in [0.1, 0.15) is 0 Å². The minimum absolute atomic E-state index is 0.0484. The molecule has 1 heterocycles. The lowest BCUT2D eigenvalue weighted by Crippen LogP contribution is -2.36. The van der Waals surface area contributed by atoms with E-state index in [1.54, 1.807) is 0 Å². The van der Waals surface area contributed by atoms with Crippen LogP contribution in [0.5, 0.6) is 0 Å². The van der Waals surface area contributed by atoms with E-state index in [1.165, 1.54) is 0 Å². The van der Waals surface area contributed by atoms with Gasteiger partial charge >= 0.3 is 0 Å². The number of hydrogen-bond acceptors (Lipinski definition) is 3. The number of nitrogens with two attached hydrogens (primary N) is 3. The highest BCUT2D eigenvalue weighted by atomic mass is 16.5. The van der Waals surface area contributed by atoms with Crippen molar-refractivity contribution in [3.8, 4) is 0 Å². The number of aryl methyl sites for hydroxylation is 1. The summed E-state index contributed by atoms with van der Waals surface area (Å²) in [5.41, 5.74) is 19.1. The van der Waals surface area contributed by atoms with Crippen LogP contribution in [0.25, 0.3) is 0 Å². The van der Waals surface area contributed by atoms with E-state index in [2.05, 4.69) is 21.0 Å². The van der Waals surface area contributed by atoms with Crippen molar-refractivity contribution in [2.45, 2.75) is 6.92 Å². The average molecular weight is 276 g/mol. The summed E-state index contributed by atoms with van der Waals surface area (Å²) >= 11 is 0. The van der Waals surface area contributed by atoms with Crippen molar-refractivity contribution in [3.63, 3.8) is 0 Å². The van der Waals surface area contributed by atoms with E-state index in [4.69, 9.17) is 21.9 Å². The molecule has 1 fully saturated rings. The summed E-state index contributed by atoms with van der Waals surface area (Å²) in [6.45, 7) is 5.30. The highest BCUT2D eigenvalue weighted by Crippen LogP contribution is 2.25. The second kappa shape index (κ2) is 6.25. The van der Waals surface area contributed by atoms with Crippen molar-refractivity contribution in [1.29, 1.82) is 0 Å². The lowest BCUT2D eigenvalue weighted by Gasteiger charge is -2.29. The van der Waals surface area contributed by atoms with Crippen molar-refractivity contribution in [2.24, 2.45) is 27.2 Å². The van der Waals surface area contributed by atoms with Crippen LogP contribution < -0.4 is 22.1 Å². The van der Waals surface area contributed by atoms with Gasteiger partial charge in [0.25, 0.3) is 0 Å². The van der Waals surface area contributed by atoms with E-state index in [9.17, 15) is 0 Å². The van der Waals surface area contributed by atoms with Crippen LogP contribution in [-0.2, 0) is 4.74 Å². The Morgan fingerprint density at radius 3 is 2.50 bits per heavy atom. The fourth-order valence-corrected chi connectivity index (χ4v) is 2.06. The lowest BCUT2D eigenvalue weighted by atomic mass is 10.1. The maximum atomic E-state index is 5.63. The number of guanidine groups is 2. The van der Waals surface area contributed by atoms with Crippen LogP contribution in [0.2, 0.25) is 0 Å². The Kier molecular flexibility index (Phi) is 4.41. The molecule has 1 aliphatic rings. The molecule has 0 aliphatic carbocycles. The molecule has 1 aliphatic heterocycles. The summed E-state index contributed by atoms with van der Waals surface area (Å²) in [5.74, 6) is -0.0546. The van der Waals surface area contributed by atoms with Crippen molar-refractivity contribution in [1.82, 2.24) is 0 Å². The van der Waals surface area contributed by atoms with Gasteiger partial charge in [0.2, 0.25) is 5.96 Å². The molecule has 0 amide bonds. The molecule has 0 atom stereocenters. The van der Waals surface area contributed by atoms with Crippen LogP contribution in [0.15, 0.2) is 28.2 Å². The first kappa shape index (κ1) is 14.1. The van der Waals surface area contributed by atoms with E-state index < -0.39 is 0 Å². The Bertz CT molecular complexity index is 530. The molecule has 0 bridgehead atoms. The highest BCUT2D eigenvalue weighted by Gasteiger charge is 2.11. The molecular formula is C13H20N6O. The molecule has 1 aromatic rings. The number of hydrogen-bond donors (Lipinski definition) is 3. The maximum absolute atomic E-state index is 5.63. The first-order valence-electron chi connectivity index (χ1n) is 6.43. The fourth-order valence-electron chi connectivity index (χ4n) is 2.06. The van der Waals surface area contributed by atoms with Crippen LogP contribution in [0.4, 0.5) is 11.4 Å². The van der Waals surface area contributed by atoms with Gasteiger partial charge in [0.15, 0.2) is 5.96 Å². The summed E-state index contributed by atoms with van der Waals surface area (Å²) < 4.78 is 5.35. The zero-order valence-corrected chi connectivity index (χ0v) is 11.5. The minimum atomic E-state index is -0.103. The molecule has 0 aromatic heterocycles. The van der Waals surface area contributed by atoms with Gasteiger partial charge in [-0.3, -0.25) is 0 Å². The molecule has 20 heavy (non-hydrogen) atoms. The average Bonchev–Trinajstić information content (AvgIpc) is 2.41. The Balaban J connectivity index is 2.19. The first-order valence-corrected chi connectivity index (χ1v) is 6.43. The molecular weight excluding hydrogens is 256 g/mol. The second-order valence-electron chi connectivity index (χ2n) is 4.58. The smallest absolute Gasteiger partial charge is 0.223 e. The summed E-state index contributed by atoms with van der Waals surface area (Å²) in [6.07, 6.45) is 0. The van der Waals surface area contributed by atoms with Gasteiger partial charge in [-0.2, -0.15) is 4.99 Å². The zero-order chi connectivity index (χ0) is 14.5. The normalized spacial score (nSPS) is 16.1. The van der Waals surface area contributed by atoms with Crippen molar-refractivity contribution < 1.29 is 4.74 Å². The maximum Gasteiger partial charge on any atom is 0.223 e. The molecule has 7 heteroatoms. The first-order chi connectivity index (χ1) is 9.56. The summed E-state index contributed by atoms with van der Waals surface area (Å²) in [7, 11) is 0. The molecule has 0 saturated carbocycles. The second-order valence-corrected chi connectivity index (χ2v) is 4.58. The number of benzene rings is 1. The van der Waals surface area contributed by atoms with Crippen molar-refractivity contribution in [3.05, 3.63) is 23.8 Å². The number of ether oxygens (including phenoxy) is 1. The summed E-state index contributed by atoms with van der Waals surface area (Å²) in [5, 5.41) is 0. The van der Waals surface area contributed by atoms with Gasteiger partial charge in [-0.1, -0.05) is 0 Å². The molecule has 0 spiro atoms. The van der Waals surface area contributed by atoms with Crippen molar-refractivity contribution >= 4 is 23.3 Å². The van der Waals surface area contributed by atoms with Gasteiger partial charge < -0.3 is 26.8 Å². The molecule has 7 nitrogen and oxygen atoms in total. The minimum Gasteiger partial charge on any atom is -0.378 e. The number of rotatable bonds is 2. The van der Waals surface area contributed by atoms with Crippen molar-refractivity contribution in [2.75, 3.05) is 31.2 Å². The Morgan fingerprint density at radius 1 is 1.20 bits per heavy atom. The standard InChI is InChI=1S/C13H20N6O/c1-9-8-10(19-4-6-20-7-5-19)2-3-11(9)17-13(16)18-12(14)15/h2-3,8H,4-7H2,1H3,(H6,14,15,16,17,18). The molecule has 0 radical (unpaired) electrons. The van der Waals surface area contributed by atoms with Gasteiger partial charge in [-0.05, 0) is 30.7 Å². The predicted molar refractivity (Wildman–Crippen MR) is 81.3 cm³/mol. The Morgan fingerprint density at radius 2 is 1.90 bits per heavy atom. The van der Waals surface area contributed by atoms with Gasteiger partial charge in [0, 0.05) is 18.8 Å². The Labute approximate surface area is 118 Å². The third kappa shape index (κ3) is 3.61. The number of aliphatic imine (C=N–C) groups is 2. The summed E-state index contributed by atoms with van der Waals surface area (Å²) in [6, 6.07) is 6.00. The SMILES string of the molecule is Cc1cc(N2CCOCC2)ccc1N=C(N)N=C(N)N. The summed E-state index contributed by atoms with van der Waals surface area (Å²) in [4.78, 5) is 10.2. The third-order valence-electron chi connectivity index (χ3n) is 3.04. The fraction of sp³-hybridized carbons (Fsp3) is 0.385. The lowest BCUT2D eigenvalue weighted by molar-refractivity contribution is 0.122. The van der Waals surface area contributed by atoms with Gasteiger partial charge in [0.05, 0.1) is 18.9 Å². The van der Waals surface area contributed by atoms with E-state index in [-0.39, 0.29) is 11.9 Å². The number of nitrogens with zero attached hydrogens (tertiary/aromatic N) is 3. The molecule has 108 valence electrons. The molecule has 6 N–H and O–H groups in total. The molecule has 2 rings (SSSR count). The van der Waals surface area contributed by atoms with E-state index in [1.807, 2.05) is 19.1 Å². The van der Waals surface area contributed by atoms with E-state index in [0.29, 0.717) is 0 Å². The third-order valence-corrected chi connectivity index (χ3v) is 3.04. The quantitative estimate of drug-likeness (QED) is 0.521. The number of anilines is 1. The number of morpholine rings is 1. The Hall–Kier alpha value is -2.28. The highest BCUT2D eigenvalue weighted by molar-refractivity contribution is 5.93. The van der Waals surface area contributed by atoms with Crippen LogP contribution in [0.3, 0.4) is 0 Å². The van der Waals surface area contributed by atoms with Crippen LogP contribution in [0.1, 0.15) is 5.56 Å². The largest absolute Gasteiger partial charge is 0.378 e. The van der Waals surface area contributed by atoms with Crippen LogP contribution in [-0.4, -0.2) is 38.2 Å². The molecule has 1 saturated heterocycles. The topological polar surface area (TPSA) is 115 Å². The molecule has 1 aromatic carbocycles. The van der Waals surface area contributed by atoms with Crippen LogP contribution >= 0.6 is 0 Å². The predicted octanol–water partition coefficient (Wildman–Crippen LogP) is 0.0512. The van der Waals surface area contributed by atoms with Crippen LogP contribution in [0, 0.1) is 6.92 Å². The van der Waals surface area contributed by atoms with E-state index in [0.717, 1.165) is 43.2 Å². The monoisotopic (exact) mass is 276 g/mol. The van der Waals surface area contributed by atoms with E-state index >= 15 is 0 Å². The molecule has 0 unspecified atom stereocenters.